The van der Waals surface area contributed by atoms with E-state index in [1.807, 2.05) is 31.5 Å². The number of hydrogen-bond acceptors (Lipinski definition) is 6. The average molecular weight is 455 g/mol. The lowest BCUT2D eigenvalue weighted by molar-refractivity contribution is 0.0921. The van der Waals surface area contributed by atoms with E-state index in [1.165, 1.54) is 5.56 Å². The van der Waals surface area contributed by atoms with E-state index in [0.29, 0.717) is 24.0 Å². The molecule has 0 saturated carbocycles. The zero-order chi connectivity index (χ0) is 23.8. The molecule has 0 unspecified atom stereocenters. The van der Waals surface area contributed by atoms with Crippen LogP contribution in [0.15, 0.2) is 30.6 Å². The van der Waals surface area contributed by atoms with Gasteiger partial charge < -0.3 is 20.1 Å². The number of piperidine rings is 1. The van der Waals surface area contributed by atoms with E-state index in [4.69, 9.17) is 9.84 Å². The predicted molar refractivity (Wildman–Crippen MR) is 131 cm³/mol. The summed E-state index contributed by atoms with van der Waals surface area (Å²) >= 11 is 0. The lowest BCUT2D eigenvalue weighted by atomic mass is 9.92. The van der Waals surface area contributed by atoms with Gasteiger partial charge in [-0.05, 0) is 80.7 Å². The monoisotopic (exact) mass is 454 g/mol. The summed E-state index contributed by atoms with van der Waals surface area (Å²) in [6.07, 6.45) is 8.38. The molecule has 7 heteroatoms. The van der Waals surface area contributed by atoms with Crippen LogP contribution in [0.5, 0.6) is 5.75 Å². The van der Waals surface area contributed by atoms with Crippen LogP contribution in [0.2, 0.25) is 0 Å². The maximum atomic E-state index is 12.3. The van der Waals surface area contributed by atoms with Crippen molar-refractivity contribution in [2.45, 2.75) is 65.3 Å². The number of aromatic nitrogens is 2. The first-order valence-corrected chi connectivity index (χ1v) is 12.1. The second-order valence-corrected chi connectivity index (χ2v) is 9.43. The zero-order valence-electron chi connectivity index (χ0n) is 20.4. The third kappa shape index (κ3) is 7.16. The summed E-state index contributed by atoms with van der Waals surface area (Å²) in [5, 5.41) is 11.9. The zero-order valence-corrected chi connectivity index (χ0v) is 20.4. The number of rotatable bonds is 10. The molecule has 2 heterocycles. The minimum absolute atomic E-state index is 0.0792. The quantitative estimate of drug-likeness (QED) is 0.526. The number of amides is 1. The molecule has 1 fully saturated rings. The van der Waals surface area contributed by atoms with E-state index in [9.17, 15) is 4.79 Å². The van der Waals surface area contributed by atoms with E-state index in [2.05, 4.69) is 34.0 Å². The van der Waals surface area contributed by atoms with Crippen molar-refractivity contribution in [3.8, 4) is 5.75 Å². The summed E-state index contributed by atoms with van der Waals surface area (Å²) < 4.78 is 5.93. The normalized spacial score (nSPS) is 15.5. The van der Waals surface area contributed by atoms with E-state index in [-0.39, 0.29) is 18.6 Å². The highest BCUT2D eigenvalue weighted by Gasteiger charge is 2.21. The maximum absolute atomic E-state index is 12.3. The van der Waals surface area contributed by atoms with Crippen molar-refractivity contribution < 1.29 is 14.6 Å². The summed E-state index contributed by atoms with van der Waals surface area (Å²) in [5.74, 6) is 2.62. The number of anilines is 1. The second kappa shape index (κ2) is 12.0. The van der Waals surface area contributed by atoms with Crippen LogP contribution in [0, 0.1) is 12.8 Å². The van der Waals surface area contributed by atoms with Crippen molar-refractivity contribution in [2.75, 3.05) is 31.2 Å². The van der Waals surface area contributed by atoms with Crippen LogP contribution in [-0.2, 0) is 0 Å². The van der Waals surface area contributed by atoms with Crippen molar-refractivity contribution in [3.63, 3.8) is 0 Å². The number of carbonyl (C=O) groups is 1. The highest BCUT2D eigenvalue weighted by molar-refractivity contribution is 5.95. The molecule has 1 aromatic carbocycles. The van der Waals surface area contributed by atoms with Crippen LogP contribution in [0.3, 0.4) is 0 Å². The van der Waals surface area contributed by atoms with Gasteiger partial charge in [-0.15, -0.1) is 0 Å². The Morgan fingerprint density at radius 2 is 1.91 bits per heavy atom. The Labute approximate surface area is 197 Å². The minimum Gasteiger partial charge on any atom is -0.494 e. The summed E-state index contributed by atoms with van der Waals surface area (Å²) in [6, 6.07) is 5.27. The van der Waals surface area contributed by atoms with Crippen LogP contribution in [0.25, 0.3) is 0 Å². The van der Waals surface area contributed by atoms with Gasteiger partial charge >= 0.3 is 0 Å². The molecule has 1 aliphatic heterocycles. The van der Waals surface area contributed by atoms with E-state index < -0.39 is 0 Å². The second-order valence-electron chi connectivity index (χ2n) is 9.43. The predicted octanol–water partition coefficient (Wildman–Crippen LogP) is 4.09. The fourth-order valence-corrected chi connectivity index (χ4v) is 4.10. The molecule has 1 atom stereocenters. The molecule has 2 aromatic rings. The number of nitrogens with one attached hydrogen (secondary N) is 1. The fourth-order valence-electron chi connectivity index (χ4n) is 4.10. The Morgan fingerprint density at radius 1 is 1.21 bits per heavy atom. The van der Waals surface area contributed by atoms with Crippen LogP contribution < -0.4 is 15.0 Å². The van der Waals surface area contributed by atoms with Crippen molar-refractivity contribution in [2.24, 2.45) is 5.92 Å². The highest BCUT2D eigenvalue weighted by Crippen LogP contribution is 2.25. The van der Waals surface area contributed by atoms with Crippen molar-refractivity contribution in [1.82, 2.24) is 15.3 Å². The van der Waals surface area contributed by atoms with Gasteiger partial charge in [-0.25, -0.2) is 9.97 Å². The number of ether oxygens (including phenoxy) is 1. The van der Waals surface area contributed by atoms with Crippen molar-refractivity contribution in [3.05, 3.63) is 47.3 Å². The average Bonchev–Trinajstić information content (AvgIpc) is 2.82. The molecule has 1 saturated heterocycles. The topological polar surface area (TPSA) is 87.6 Å². The summed E-state index contributed by atoms with van der Waals surface area (Å²) in [6.45, 7) is 10.6. The van der Waals surface area contributed by atoms with Crippen LogP contribution in [-0.4, -0.2) is 53.3 Å². The van der Waals surface area contributed by atoms with Gasteiger partial charge in [-0.2, -0.15) is 0 Å². The summed E-state index contributed by atoms with van der Waals surface area (Å²) in [5.41, 5.74) is 2.65. The van der Waals surface area contributed by atoms with Gasteiger partial charge in [0, 0.05) is 37.1 Å². The van der Waals surface area contributed by atoms with Gasteiger partial charge in [0.1, 0.15) is 5.75 Å². The molecule has 0 aliphatic carbocycles. The molecule has 0 radical (unpaired) electrons. The first-order valence-electron chi connectivity index (χ1n) is 12.1. The third-order valence-corrected chi connectivity index (χ3v) is 6.34. The molecular weight excluding hydrogens is 416 g/mol. The molecule has 1 amide bonds. The number of aryl methyl sites for hydroxylation is 1. The first-order chi connectivity index (χ1) is 15.9. The molecular formula is C26H38N4O3. The lowest BCUT2D eigenvalue weighted by Crippen LogP contribution is -2.35. The Morgan fingerprint density at radius 3 is 2.52 bits per heavy atom. The Kier molecular flexibility index (Phi) is 9.06. The van der Waals surface area contributed by atoms with E-state index in [0.717, 1.165) is 56.0 Å². The van der Waals surface area contributed by atoms with Crippen LogP contribution in [0.1, 0.15) is 73.9 Å². The Bertz CT molecular complexity index is 893. The fraction of sp³-hybridized carbons (Fsp3) is 0.577. The van der Waals surface area contributed by atoms with E-state index in [1.54, 1.807) is 13.0 Å². The summed E-state index contributed by atoms with van der Waals surface area (Å²) in [4.78, 5) is 23.7. The van der Waals surface area contributed by atoms with Gasteiger partial charge in [-0.3, -0.25) is 4.79 Å². The molecule has 1 aliphatic rings. The highest BCUT2D eigenvalue weighted by atomic mass is 16.5. The third-order valence-electron chi connectivity index (χ3n) is 6.34. The lowest BCUT2D eigenvalue weighted by Gasteiger charge is -2.32. The molecule has 3 rings (SSSR count). The number of hydrogen-bond donors (Lipinski definition) is 2. The van der Waals surface area contributed by atoms with E-state index >= 15 is 0 Å². The Hall–Kier alpha value is -2.67. The smallest absolute Gasteiger partial charge is 0.251 e. The first kappa shape index (κ1) is 25.0. The minimum atomic E-state index is -0.266. The van der Waals surface area contributed by atoms with Crippen molar-refractivity contribution >= 4 is 11.9 Å². The molecule has 0 bridgehead atoms. The molecule has 7 nitrogen and oxygen atoms in total. The molecule has 2 N–H and O–H groups in total. The number of aliphatic hydroxyl groups is 1. The Balaban J connectivity index is 1.37. The number of benzene rings is 1. The summed E-state index contributed by atoms with van der Waals surface area (Å²) in [7, 11) is 0. The van der Waals surface area contributed by atoms with Crippen LogP contribution in [0.4, 0.5) is 5.95 Å². The SMILES string of the molecule is Cc1cc(OCCCC2CCN(c3ncc(C(C)C)cn3)CC2)ccc1C(=O)N[C@H](C)CO. The maximum Gasteiger partial charge on any atom is 0.251 e. The van der Waals surface area contributed by atoms with Gasteiger partial charge in [0.2, 0.25) is 5.95 Å². The molecule has 33 heavy (non-hydrogen) atoms. The van der Waals surface area contributed by atoms with Crippen molar-refractivity contribution in [1.29, 1.82) is 0 Å². The number of carbonyl (C=O) groups excluding carboxylic acids is 1. The largest absolute Gasteiger partial charge is 0.494 e. The molecule has 1 aromatic heterocycles. The van der Waals surface area contributed by atoms with Gasteiger partial charge in [-0.1, -0.05) is 13.8 Å². The van der Waals surface area contributed by atoms with Crippen LogP contribution >= 0.6 is 0 Å². The molecule has 180 valence electrons. The van der Waals surface area contributed by atoms with Gasteiger partial charge in [0.05, 0.1) is 13.2 Å². The standard InChI is InChI=1S/C26H38N4O3/c1-18(2)22-15-27-26(28-16-22)30-11-9-21(10-12-30)6-5-13-33-23-7-8-24(19(3)14-23)25(32)29-20(4)17-31/h7-8,14-16,18,20-21,31H,5-6,9-13,17H2,1-4H3,(H,29,32)/t20-/m1/s1. The number of nitrogens with zero attached hydrogens (tertiary/aromatic N) is 3. The molecule has 0 spiro atoms. The van der Waals surface area contributed by atoms with Gasteiger partial charge in [0.25, 0.3) is 5.91 Å². The number of aliphatic hydroxyl groups excluding tert-OH is 1. The van der Waals surface area contributed by atoms with Gasteiger partial charge in [0.15, 0.2) is 0 Å².